The number of benzene rings is 2. The first-order chi connectivity index (χ1) is 9.70. The molecule has 1 unspecified atom stereocenters. The van der Waals surface area contributed by atoms with Gasteiger partial charge < -0.3 is 5.73 Å². The molecule has 2 rings (SSSR count). The van der Waals surface area contributed by atoms with Crippen LogP contribution in [0.1, 0.15) is 43.5 Å². The lowest BCUT2D eigenvalue weighted by Gasteiger charge is -2.20. The van der Waals surface area contributed by atoms with Crippen molar-refractivity contribution in [2.24, 2.45) is 5.73 Å². The standard InChI is InChI=1S/C17H18ClF2N/c1-17(2,3)11-6-4-10(5-7-11)16(21)12-8-14(19)15(20)9-13(12)18/h4-9,16H,21H2,1-3H3. The topological polar surface area (TPSA) is 26.0 Å². The average Bonchev–Trinajstić information content (AvgIpc) is 2.41. The molecule has 4 heteroatoms. The predicted octanol–water partition coefficient (Wildman–Crippen LogP) is 4.96. The highest BCUT2D eigenvalue weighted by atomic mass is 35.5. The molecule has 1 atom stereocenters. The summed E-state index contributed by atoms with van der Waals surface area (Å²) in [6.45, 7) is 6.36. The Balaban J connectivity index is 2.36. The van der Waals surface area contributed by atoms with E-state index in [9.17, 15) is 8.78 Å². The molecule has 0 radical (unpaired) electrons. The lowest BCUT2D eigenvalue weighted by atomic mass is 9.86. The Hall–Kier alpha value is -1.45. The van der Waals surface area contributed by atoms with Crippen molar-refractivity contribution in [3.8, 4) is 0 Å². The summed E-state index contributed by atoms with van der Waals surface area (Å²) in [5.74, 6) is -1.92. The summed E-state index contributed by atoms with van der Waals surface area (Å²) in [4.78, 5) is 0. The monoisotopic (exact) mass is 309 g/mol. The van der Waals surface area contributed by atoms with Crippen LogP contribution in [0, 0.1) is 11.6 Å². The maximum Gasteiger partial charge on any atom is 0.160 e. The van der Waals surface area contributed by atoms with Crippen LogP contribution in [0.25, 0.3) is 0 Å². The zero-order valence-corrected chi connectivity index (χ0v) is 13.0. The third-order valence-electron chi connectivity index (χ3n) is 3.51. The summed E-state index contributed by atoms with van der Waals surface area (Å²) in [7, 11) is 0. The van der Waals surface area contributed by atoms with E-state index < -0.39 is 17.7 Å². The van der Waals surface area contributed by atoms with Crippen molar-refractivity contribution in [3.05, 3.63) is 69.7 Å². The van der Waals surface area contributed by atoms with Gasteiger partial charge in [-0.05, 0) is 34.2 Å². The van der Waals surface area contributed by atoms with Gasteiger partial charge in [0.1, 0.15) is 0 Å². The third-order valence-corrected chi connectivity index (χ3v) is 3.84. The minimum atomic E-state index is -0.973. The van der Waals surface area contributed by atoms with Gasteiger partial charge in [0.05, 0.1) is 6.04 Å². The molecule has 0 heterocycles. The fraction of sp³-hybridized carbons (Fsp3) is 0.294. The fourth-order valence-electron chi connectivity index (χ4n) is 2.15. The maximum absolute atomic E-state index is 13.4. The Bertz CT molecular complexity index is 645. The van der Waals surface area contributed by atoms with E-state index in [-0.39, 0.29) is 10.4 Å². The van der Waals surface area contributed by atoms with E-state index in [2.05, 4.69) is 20.8 Å². The van der Waals surface area contributed by atoms with E-state index in [0.29, 0.717) is 5.56 Å². The largest absolute Gasteiger partial charge is 0.320 e. The van der Waals surface area contributed by atoms with Gasteiger partial charge in [0.15, 0.2) is 11.6 Å². The van der Waals surface area contributed by atoms with Crippen LogP contribution in [0.5, 0.6) is 0 Å². The SMILES string of the molecule is CC(C)(C)c1ccc(C(N)c2cc(F)c(F)cc2Cl)cc1. The normalized spacial score (nSPS) is 13.3. The molecule has 0 spiro atoms. The molecule has 0 amide bonds. The van der Waals surface area contributed by atoms with Crippen LogP contribution in [0.4, 0.5) is 8.78 Å². The van der Waals surface area contributed by atoms with Crippen molar-refractivity contribution in [1.29, 1.82) is 0 Å². The van der Waals surface area contributed by atoms with Crippen molar-refractivity contribution in [1.82, 2.24) is 0 Å². The Morgan fingerprint density at radius 2 is 1.52 bits per heavy atom. The molecule has 0 saturated heterocycles. The second-order valence-corrected chi connectivity index (χ2v) is 6.54. The maximum atomic E-state index is 13.4. The quantitative estimate of drug-likeness (QED) is 0.779. The molecule has 0 aliphatic rings. The molecule has 0 aliphatic carbocycles. The summed E-state index contributed by atoms with van der Waals surface area (Å²) in [5.41, 5.74) is 8.52. The first-order valence-electron chi connectivity index (χ1n) is 6.70. The second kappa shape index (κ2) is 5.74. The Kier molecular flexibility index (Phi) is 4.35. The summed E-state index contributed by atoms with van der Waals surface area (Å²) in [5, 5.41) is 0.126. The zero-order chi connectivity index (χ0) is 15.8. The highest BCUT2D eigenvalue weighted by Gasteiger charge is 2.18. The van der Waals surface area contributed by atoms with Crippen LogP contribution in [-0.2, 0) is 5.41 Å². The van der Waals surface area contributed by atoms with Crippen LogP contribution < -0.4 is 5.73 Å². The van der Waals surface area contributed by atoms with Crippen LogP contribution in [0.15, 0.2) is 36.4 Å². The summed E-state index contributed by atoms with van der Waals surface area (Å²) in [6.07, 6.45) is 0. The zero-order valence-electron chi connectivity index (χ0n) is 12.3. The van der Waals surface area contributed by atoms with Crippen molar-refractivity contribution >= 4 is 11.6 Å². The van der Waals surface area contributed by atoms with Gasteiger partial charge in [-0.25, -0.2) is 8.78 Å². The molecule has 2 aromatic rings. The van der Waals surface area contributed by atoms with E-state index in [0.717, 1.165) is 17.7 Å². The van der Waals surface area contributed by atoms with Crippen LogP contribution >= 0.6 is 11.6 Å². The number of hydrogen-bond donors (Lipinski definition) is 1. The van der Waals surface area contributed by atoms with Gasteiger partial charge in [-0.1, -0.05) is 56.6 Å². The van der Waals surface area contributed by atoms with Gasteiger partial charge in [0.25, 0.3) is 0 Å². The number of rotatable bonds is 2. The minimum absolute atomic E-state index is 0.0439. The van der Waals surface area contributed by atoms with Gasteiger partial charge in [-0.15, -0.1) is 0 Å². The summed E-state index contributed by atoms with van der Waals surface area (Å²) >= 11 is 5.96. The average molecular weight is 310 g/mol. The molecule has 0 bridgehead atoms. The van der Waals surface area contributed by atoms with Gasteiger partial charge >= 0.3 is 0 Å². The van der Waals surface area contributed by atoms with Crippen molar-refractivity contribution in [2.75, 3.05) is 0 Å². The smallest absolute Gasteiger partial charge is 0.160 e. The molecule has 0 saturated carbocycles. The molecule has 112 valence electrons. The second-order valence-electron chi connectivity index (χ2n) is 6.14. The predicted molar refractivity (Wildman–Crippen MR) is 82.5 cm³/mol. The molecule has 0 aliphatic heterocycles. The summed E-state index contributed by atoms with van der Waals surface area (Å²) < 4.78 is 26.5. The highest BCUT2D eigenvalue weighted by molar-refractivity contribution is 6.31. The lowest BCUT2D eigenvalue weighted by Crippen LogP contribution is -2.15. The first kappa shape index (κ1) is 15.9. The Labute approximate surface area is 128 Å². The van der Waals surface area contributed by atoms with E-state index in [1.807, 2.05) is 24.3 Å². The molecule has 1 nitrogen and oxygen atoms in total. The molecular weight excluding hydrogens is 292 g/mol. The van der Waals surface area contributed by atoms with Crippen molar-refractivity contribution in [3.63, 3.8) is 0 Å². The van der Waals surface area contributed by atoms with Gasteiger partial charge in [0.2, 0.25) is 0 Å². The highest BCUT2D eigenvalue weighted by Crippen LogP contribution is 2.30. The Morgan fingerprint density at radius 1 is 1.00 bits per heavy atom. The number of halogens is 3. The van der Waals surface area contributed by atoms with Crippen molar-refractivity contribution < 1.29 is 8.78 Å². The van der Waals surface area contributed by atoms with Gasteiger partial charge in [-0.2, -0.15) is 0 Å². The van der Waals surface area contributed by atoms with E-state index in [4.69, 9.17) is 17.3 Å². The minimum Gasteiger partial charge on any atom is -0.320 e. The van der Waals surface area contributed by atoms with Gasteiger partial charge in [0, 0.05) is 5.02 Å². The fourth-order valence-corrected chi connectivity index (χ4v) is 2.41. The summed E-state index contributed by atoms with van der Waals surface area (Å²) in [6, 6.07) is 9.18. The molecule has 0 fully saturated rings. The van der Waals surface area contributed by atoms with Gasteiger partial charge in [-0.3, -0.25) is 0 Å². The molecule has 2 N–H and O–H groups in total. The number of hydrogen-bond acceptors (Lipinski definition) is 1. The van der Waals surface area contributed by atoms with E-state index >= 15 is 0 Å². The van der Waals surface area contributed by atoms with Crippen LogP contribution in [0.2, 0.25) is 5.02 Å². The van der Waals surface area contributed by atoms with Crippen molar-refractivity contribution in [2.45, 2.75) is 32.2 Å². The molecule has 21 heavy (non-hydrogen) atoms. The van der Waals surface area contributed by atoms with E-state index in [1.165, 1.54) is 5.56 Å². The van der Waals surface area contributed by atoms with E-state index in [1.54, 1.807) is 0 Å². The third kappa shape index (κ3) is 3.42. The Morgan fingerprint density at radius 3 is 2.05 bits per heavy atom. The number of nitrogens with two attached hydrogens (primary N) is 1. The molecule has 0 aromatic heterocycles. The molecular formula is C17H18ClF2N. The van der Waals surface area contributed by atoms with Crippen LogP contribution in [0.3, 0.4) is 0 Å². The molecule has 2 aromatic carbocycles. The first-order valence-corrected chi connectivity index (χ1v) is 7.08. The lowest BCUT2D eigenvalue weighted by molar-refractivity contribution is 0.506. The van der Waals surface area contributed by atoms with Crippen LogP contribution in [-0.4, -0.2) is 0 Å².